The van der Waals surface area contributed by atoms with Crippen LogP contribution in [0.4, 0.5) is 15.8 Å². The molecule has 1 amide bonds. The quantitative estimate of drug-likeness (QED) is 0.584. The van der Waals surface area contributed by atoms with Crippen LogP contribution in [0.5, 0.6) is 0 Å². The Labute approximate surface area is 156 Å². The Morgan fingerprint density at radius 3 is 2.76 bits per heavy atom. The SMILES string of the molecule is O=C(CN1CCN(c2cccc(Br)c2)CC1)Nc1ncc([N+](=O)[O-])s1. The molecular formula is C15H16BrN5O3S. The normalized spacial score (nSPS) is 15.2. The fourth-order valence-corrected chi connectivity index (χ4v) is 3.64. The van der Waals surface area contributed by atoms with Crippen molar-refractivity contribution in [2.24, 2.45) is 0 Å². The summed E-state index contributed by atoms with van der Waals surface area (Å²) in [4.78, 5) is 30.4. The molecule has 3 rings (SSSR count). The number of benzene rings is 1. The van der Waals surface area contributed by atoms with Crippen molar-refractivity contribution in [2.45, 2.75) is 0 Å². The van der Waals surface area contributed by atoms with E-state index in [9.17, 15) is 14.9 Å². The van der Waals surface area contributed by atoms with E-state index in [0.29, 0.717) is 0 Å². The lowest BCUT2D eigenvalue weighted by atomic mass is 10.2. The predicted octanol–water partition coefficient (Wildman–Crippen LogP) is 2.57. The van der Waals surface area contributed by atoms with Gasteiger partial charge in [-0.15, -0.1) is 0 Å². The molecule has 2 heterocycles. The first kappa shape index (κ1) is 17.8. The summed E-state index contributed by atoms with van der Waals surface area (Å²) in [5.41, 5.74) is 1.16. The molecule has 25 heavy (non-hydrogen) atoms. The Kier molecular flexibility index (Phi) is 5.61. The van der Waals surface area contributed by atoms with Gasteiger partial charge in [0.15, 0.2) is 5.13 Å². The first-order valence-electron chi connectivity index (χ1n) is 7.64. The van der Waals surface area contributed by atoms with Crippen LogP contribution in [0.15, 0.2) is 34.9 Å². The number of nitrogens with zero attached hydrogens (tertiary/aromatic N) is 4. The Balaban J connectivity index is 1.48. The summed E-state index contributed by atoms with van der Waals surface area (Å²) in [5, 5.41) is 13.4. The number of anilines is 2. The van der Waals surface area contributed by atoms with E-state index in [-0.39, 0.29) is 22.6 Å². The third-order valence-electron chi connectivity index (χ3n) is 3.83. The van der Waals surface area contributed by atoms with Crippen molar-refractivity contribution in [2.75, 3.05) is 42.9 Å². The average Bonchev–Trinajstić information content (AvgIpc) is 3.04. The van der Waals surface area contributed by atoms with Gasteiger partial charge in [-0.05, 0) is 29.5 Å². The van der Waals surface area contributed by atoms with E-state index in [4.69, 9.17) is 0 Å². The second-order valence-corrected chi connectivity index (χ2v) is 7.48. The Morgan fingerprint density at radius 2 is 2.12 bits per heavy atom. The number of nitro groups is 1. The smallest absolute Gasteiger partial charge is 0.345 e. The molecule has 1 aliphatic rings. The van der Waals surface area contributed by atoms with Crippen molar-refractivity contribution in [3.8, 4) is 0 Å². The molecule has 132 valence electrons. The molecule has 0 radical (unpaired) electrons. The molecule has 0 saturated carbocycles. The van der Waals surface area contributed by atoms with Gasteiger partial charge in [-0.2, -0.15) is 0 Å². The van der Waals surface area contributed by atoms with E-state index in [2.05, 4.69) is 48.2 Å². The third kappa shape index (κ3) is 4.74. The lowest BCUT2D eigenvalue weighted by molar-refractivity contribution is -0.380. The van der Waals surface area contributed by atoms with Crippen LogP contribution in [0, 0.1) is 10.1 Å². The Bertz CT molecular complexity index is 776. The highest BCUT2D eigenvalue weighted by Gasteiger charge is 2.20. The summed E-state index contributed by atoms with van der Waals surface area (Å²) in [6, 6.07) is 8.15. The zero-order valence-corrected chi connectivity index (χ0v) is 15.6. The molecular weight excluding hydrogens is 410 g/mol. The first-order valence-corrected chi connectivity index (χ1v) is 9.25. The summed E-state index contributed by atoms with van der Waals surface area (Å²) in [5.74, 6) is -0.208. The van der Waals surface area contributed by atoms with Crippen molar-refractivity contribution in [1.29, 1.82) is 0 Å². The van der Waals surface area contributed by atoms with E-state index in [0.717, 1.165) is 53.9 Å². The summed E-state index contributed by atoms with van der Waals surface area (Å²) in [7, 11) is 0. The molecule has 2 aromatic rings. The zero-order chi connectivity index (χ0) is 17.8. The van der Waals surface area contributed by atoms with E-state index < -0.39 is 4.92 Å². The van der Waals surface area contributed by atoms with Gasteiger partial charge in [0.25, 0.3) is 0 Å². The van der Waals surface area contributed by atoms with E-state index in [1.165, 1.54) is 0 Å². The van der Waals surface area contributed by atoms with Crippen molar-refractivity contribution in [1.82, 2.24) is 9.88 Å². The van der Waals surface area contributed by atoms with Gasteiger partial charge in [-0.1, -0.05) is 22.0 Å². The Hall–Kier alpha value is -2.04. The second kappa shape index (κ2) is 7.89. The van der Waals surface area contributed by atoms with Gasteiger partial charge in [-0.3, -0.25) is 19.8 Å². The molecule has 0 atom stereocenters. The van der Waals surface area contributed by atoms with Crippen molar-refractivity contribution < 1.29 is 9.72 Å². The molecule has 1 saturated heterocycles. The van der Waals surface area contributed by atoms with Crippen molar-refractivity contribution >= 4 is 49.0 Å². The second-order valence-electron chi connectivity index (χ2n) is 5.55. The van der Waals surface area contributed by atoms with E-state index >= 15 is 0 Å². The molecule has 1 N–H and O–H groups in total. The van der Waals surface area contributed by atoms with Crippen LogP contribution in [0.25, 0.3) is 0 Å². The molecule has 1 aromatic heterocycles. The number of hydrogen-bond acceptors (Lipinski definition) is 7. The van der Waals surface area contributed by atoms with Crippen LogP contribution in [0.1, 0.15) is 0 Å². The van der Waals surface area contributed by atoms with Crippen molar-refractivity contribution in [3.05, 3.63) is 45.0 Å². The molecule has 1 fully saturated rings. The minimum absolute atomic E-state index is 0.0852. The van der Waals surface area contributed by atoms with Gasteiger partial charge in [0.1, 0.15) is 6.20 Å². The fourth-order valence-electron chi connectivity index (χ4n) is 2.61. The van der Waals surface area contributed by atoms with Crippen LogP contribution in [-0.4, -0.2) is 53.4 Å². The van der Waals surface area contributed by atoms with Gasteiger partial charge >= 0.3 is 5.00 Å². The zero-order valence-electron chi connectivity index (χ0n) is 13.2. The molecule has 0 spiro atoms. The predicted molar refractivity (Wildman–Crippen MR) is 100 cm³/mol. The number of carbonyl (C=O) groups is 1. The van der Waals surface area contributed by atoms with Gasteiger partial charge in [0, 0.05) is 36.3 Å². The fraction of sp³-hybridized carbons (Fsp3) is 0.333. The molecule has 8 nitrogen and oxygen atoms in total. The number of aromatic nitrogens is 1. The standard InChI is InChI=1S/C15H16BrN5O3S/c16-11-2-1-3-12(8-11)20-6-4-19(5-7-20)10-13(22)18-15-17-9-14(25-15)21(23)24/h1-3,8-9H,4-7,10H2,(H,17,18,22). The summed E-state index contributed by atoms with van der Waals surface area (Å²) < 4.78 is 1.05. The molecule has 0 unspecified atom stereocenters. The highest BCUT2D eigenvalue weighted by atomic mass is 79.9. The lowest BCUT2D eigenvalue weighted by Gasteiger charge is -2.35. The van der Waals surface area contributed by atoms with Crippen LogP contribution in [-0.2, 0) is 4.79 Å². The largest absolute Gasteiger partial charge is 0.369 e. The van der Waals surface area contributed by atoms with Gasteiger partial charge < -0.3 is 10.2 Å². The molecule has 0 bridgehead atoms. The molecule has 1 aromatic carbocycles. The summed E-state index contributed by atoms with van der Waals surface area (Å²) in [6.07, 6.45) is 1.15. The number of nitrogens with one attached hydrogen (secondary N) is 1. The molecule has 10 heteroatoms. The monoisotopic (exact) mass is 425 g/mol. The van der Waals surface area contributed by atoms with Crippen LogP contribution in [0.2, 0.25) is 0 Å². The van der Waals surface area contributed by atoms with E-state index in [1.54, 1.807) is 0 Å². The number of hydrogen-bond donors (Lipinski definition) is 1. The van der Waals surface area contributed by atoms with Crippen LogP contribution >= 0.6 is 27.3 Å². The number of carbonyl (C=O) groups excluding carboxylic acids is 1. The first-order chi connectivity index (χ1) is 12.0. The maximum atomic E-state index is 12.1. The van der Waals surface area contributed by atoms with Crippen LogP contribution < -0.4 is 10.2 Å². The minimum atomic E-state index is -0.519. The highest BCUT2D eigenvalue weighted by molar-refractivity contribution is 9.10. The van der Waals surface area contributed by atoms with Gasteiger partial charge in [0.2, 0.25) is 5.91 Å². The lowest BCUT2D eigenvalue weighted by Crippen LogP contribution is -2.48. The number of amides is 1. The third-order valence-corrected chi connectivity index (χ3v) is 5.19. The number of thiazole rings is 1. The summed E-state index contributed by atoms with van der Waals surface area (Å²) >= 11 is 4.34. The number of piperazine rings is 1. The van der Waals surface area contributed by atoms with E-state index in [1.807, 2.05) is 12.1 Å². The molecule has 0 aliphatic carbocycles. The average molecular weight is 426 g/mol. The Morgan fingerprint density at radius 1 is 1.36 bits per heavy atom. The topological polar surface area (TPSA) is 91.6 Å². The maximum Gasteiger partial charge on any atom is 0.345 e. The minimum Gasteiger partial charge on any atom is -0.369 e. The van der Waals surface area contributed by atoms with Gasteiger partial charge in [-0.25, -0.2) is 4.98 Å². The summed E-state index contributed by atoms with van der Waals surface area (Å²) in [6.45, 7) is 3.48. The number of rotatable bonds is 5. The maximum absolute atomic E-state index is 12.1. The highest BCUT2D eigenvalue weighted by Crippen LogP contribution is 2.25. The van der Waals surface area contributed by atoms with Crippen molar-refractivity contribution in [3.63, 3.8) is 0 Å². The molecule has 1 aliphatic heterocycles. The number of halogens is 1. The van der Waals surface area contributed by atoms with Gasteiger partial charge in [0.05, 0.1) is 11.5 Å². The van der Waals surface area contributed by atoms with Crippen LogP contribution in [0.3, 0.4) is 0 Å².